The summed E-state index contributed by atoms with van der Waals surface area (Å²) in [5, 5.41) is 15.4. The molecule has 1 aliphatic carbocycles. The van der Waals surface area contributed by atoms with Crippen molar-refractivity contribution < 1.29 is 9.90 Å². The van der Waals surface area contributed by atoms with Crippen LogP contribution in [0.1, 0.15) is 59.3 Å². The molecule has 3 atom stereocenters. The molecule has 0 aromatic heterocycles. The molecule has 23 heavy (non-hydrogen) atoms. The molecule has 2 rings (SSSR count). The normalized spacial score (nSPS) is 25.7. The monoisotopic (exact) mass is 325 g/mol. The molecule has 5 heteroatoms. The van der Waals surface area contributed by atoms with E-state index in [1.165, 1.54) is 38.6 Å². The lowest BCUT2D eigenvalue weighted by atomic mass is 9.86. The summed E-state index contributed by atoms with van der Waals surface area (Å²) in [6.07, 6.45) is 7.31. The van der Waals surface area contributed by atoms with Crippen molar-refractivity contribution in [1.29, 1.82) is 0 Å². The standard InChI is InChI=1S/C18H35N3O2/c1-13(2)10-16(12-22)20-18(23)19-14(3)15-6-5-9-21(11-15)17-7-4-8-17/h13-17,22H,4-12H2,1-3H3,(H2,19,20,23). The minimum absolute atomic E-state index is 0.00112. The number of likely N-dealkylation sites (tertiary alicyclic amines) is 1. The summed E-state index contributed by atoms with van der Waals surface area (Å²) in [6, 6.07) is 0.679. The molecule has 0 radical (unpaired) electrons. The van der Waals surface area contributed by atoms with E-state index in [0.29, 0.717) is 11.8 Å². The van der Waals surface area contributed by atoms with Gasteiger partial charge in [-0.2, -0.15) is 0 Å². The fourth-order valence-corrected chi connectivity index (χ4v) is 3.83. The van der Waals surface area contributed by atoms with Gasteiger partial charge in [0.05, 0.1) is 12.6 Å². The Hall–Kier alpha value is -0.810. The Balaban J connectivity index is 1.75. The second-order valence-electron chi connectivity index (χ2n) is 7.90. The van der Waals surface area contributed by atoms with Crippen LogP contribution in [0.15, 0.2) is 0 Å². The number of hydrogen-bond acceptors (Lipinski definition) is 3. The molecule has 0 aromatic rings. The molecular formula is C18H35N3O2. The Morgan fingerprint density at radius 3 is 2.48 bits per heavy atom. The van der Waals surface area contributed by atoms with Gasteiger partial charge in [-0.15, -0.1) is 0 Å². The number of aliphatic hydroxyl groups excluding tert-OH is 1. The van der Waals surface area contributed by atoms with Crippen LogP contribution < -0.4 is 10.6 Å². The lowest BCUT2D eigenvalue weighted by Crippen LogP contribution is -2.53. The Labute approximate surface area is 141 Å². The van der Waals surface area contributed by atoms with Crippen LogP contribution in [-0.2, 0) is 0 Å². The predicted molar refractivity (Wildman–Crippen MR) is 93.4 cm³/mol. The second-order valence-corrected chi connectivity index (χ2v) is 7.90. The molecule has 1 saturated heterocycles. The van der Waals surface area contributed by atoms with Crippen LogP contribution in [0.5, 0.6) is 0 Å². The lowest BCUT2D eigenvalue weighted by molar-refractivity contribution is 0.0677. The quantitative estimate of drug-likeness (QED) is 0.673. The number of rotatable bonds is 7. The summed E-state index contributed by atoms with van der Waals surface area (Å²) in [7, 11) is 0. The molecule has 0 spiro atoms. The summed E-state index contributed by atoms with van der Waals surface area (Å²) in [4.78, 5) is 14.8. The molecule has 2 amide bonds. The van der Waals surface area contributed by atoms with E-state index < -0.39 is 0 Å². The molecule has 3 unspecified atom stereocenters. The number of urea groups is 1. The molecule has 2 fully saturated rings. The minimum Gasteiger partial charge on any atom is -0.394 e. The van der Waals surface area contributed by atoms with E-state index in [4.69, 9.17) is 0 Å². The summed E-state index contributed by atoms with van der Waals surface area (Å²) in [6.45, 7) is 8.65. The molecule has 2 aliphatic rings. The average Bonchev–Trinajstić information content (AvgIpc) is 2.44. The zero-order valence-corrected chi connectivity index (χ0v) is 15.1. The van der Waals surface area contributed by atoms with Crippen molar-refractivity contribution >= 4 is 6.03 Å². The van der Waals surface area contributed by atoms with Gasteiger partial charge >= 0.3 is 6.03 Å². The van der Waals surface area contributed by atoms with Crippen molar-refractivity contribution in [2.45, 2.75) is 77.4 Å². The van der Waals surface area contributed by atoms with Crippen molar-refractivity contribution in [2.75, 3.05) is 19.7 Å². The van der Waals surface area contributed by atoms with Crippen LogP contribution in [0.25, 0.3) is 0 Å². The highest BCUT2D eigenvalue weighted by atomic mass is 16.3. The second kappa shape index (κ2) is 8.88. The molecular weight excluding hydrogens is 290 g/mol. The van der Waals surface area contributed by atoms with Crippen molar-refractivity contribution in [1.82, 2.24) is 15.5 Å². The van der Waals surface area contributed by atoms with Crippen LogP contribution in [0.2, 0.25) is 0 Å². The first kappa shape index (κ1) is 18.5. The number of amides is 2. The molecule has 1 saturated carbocycles. The van der Waals surface area contributed by atoms with Crippen molar-refractivity contribution in [3.63, 3.8) is 0 Å². The van der Waals surface area contributed by atoms with Gasteiger partial charge in [0.1, 0.15) is 0 Å². The SMILES string of the molecule is CC(C)CC(CO)NC(=O)NC(C)C1CCCN(C2CCC2)C1. The van der Waals surface area contributed by atoms with E-state index in [0.717, 1.165) is 19.0 Å². The van der Waals surface area contributed by atoms with Gasteiger partial charge in [0.15, 0.2) is 0 Å². The third-order valence-corrected chi connectivity index (χ3v) is 5.46. The van der Waals surface area contributed by atoms with E-state index in [2.05, 4.69) is 36.3 Å². The molecule has 3 N–H and O–H groups in total. The number of nitrogens with zero attached hydrogens (tertiary/aromatic N) is 1. The largest absolute Gasteiger partial charge is 0.394 e. The van der Waals surface area contributed by atoms with Crippen molar-refractivity contribution in [2.24, 2.45) is 11.8 Å². The van der Waals surface area contributed by atoms with Crippen molar-refractivity contribution in [3.05, 3.63) is 0 Å². The first-order valence-corrected chi connectivity index (χ1v) is 9.41. The van der Waals surface area contributed by atoms with E-state index in [-0.39, 0.29) is 24.7 Å². The summed E-state index contributed by atoms with van der Waals surface area (Å²) in [5.74, 6) is 0.993. The highest BCUT2D eigenvalue weighted by Crippen LogP contribution is 2.30. The van der Waals surface area contributed by atoms with Crippen LogP contribution in [0.4, 0.5) is 4.79 Å². The van der Waals surface area contributed by atoms with E-state index in [1.807, 2.05) is 0 Å². The number of carbonyl (C=O) groups excluding carboxylic acids is 1. The smallest absolute Gasteiger partial charge is 0.315 e. The molecule has 1 aliphatic heterocycles. The summed E-state index contributed by atoms with van der Waals surface area (Å²) >= 11 is 0. The molecule has 0 bridgehead atoms. The average molecular weight is 325 g/mol. The third-order valence-electron chi connectivity index (χ3n) is 5.46. The maximum atomic E-state index is 12.2. The van der Waals surface area contributed by atoms with Crippen LogP contribution >= 0.6 is 0 Å². The van der Waals surface area contributed by atoms with Gasteiger partial charge in [0.25, 0.3) is 0 Å². The minimum atomic E-state index is -0.153. The highest BCUT2D eigenvalue weighted by molar-refractivity contribution is 5.74. The number of aliphatic hydroxyl groups is 1. The number of nitrogens with one attached hydrogen (secondary N) is 2. The number of carbonyl (C=O) groups is 1. The molecule has 134 valence electrons. The third kappa shape index (κ3) is 5.64. The van der Waals surface area contributed by atoms with E-state index >= 15 is 0 Å². The van der Waals surface area contributed by atoms with Gasteiger partial charge in [-0.1, -0.05) is 20.3 Å². The highest BCUT2D eigenvalue weighted by Gasteiger charge is 2.32. The maximum absolute atomic E-state index is 12.2. The van der Waals surface area contributed by atoms with Crippen LogP contribution in [-0.4, -0.2) is 53.9 Å². The Morgan fingerprint density at radius 1 is 1.17 bits per heavy atom. The Bertz CT molecular complexity index is 371. The van der Waals surface area contributed by atoms with Gasteiger partial charge in [-0.05, 0) is 57.4 Å². The maximum Gasteiger partial charge on any atom is 0.315 e. The number of hydrogen-bond donors (Lipinski definition) is 3. The van der Waals surface area contributed by atoms with Gasteiger partial charge in [-0.25, -0.2) is 4.79 Å². The first-order chi connectivity index (χ1) is 11.0. The van der Waals surface area contributed by atoms with Gasteiger partial charge in [0, 0.05) is 18.6 Å². The number of piperidine rings is 1. The molecule has 0 aromatic carbocycles. The van der Waals surface area contributed by atoms with Gasteiger partial charge in [-0.3, -0.25) is 0 Å². The molecule has 1 heterocycles. The predicted octanol–water partition coefficient (Wildman–Crippen LogP) is 2.35. The fourth-order valence-electron chi connectivity index (χ4n) is 3.83. The zero-order chi connectivity index (χ0) is 16.8. The Kier molecular flexibility index (Phi) is 7.15. The Morgan fingerprint density at radius 2 is 1.91 bits per heavy atom. The topological polar surface area (TPSA) is 64.6 Å². The zero-order valence-electron chi connectivity index (χ0n) is 15.1. The summed E-state index contributed by atoms with van der Waals surface area (Å²) in [5.41, 5.74) is 0. The van der Waals surface area contributed by atoms with E-state index in [9.17, 15) is 9.90 Å². The van der Waals surface area contributed by atoms with Crippen LogP contribution in [0.3, 0.4) is 0 Å². The van der Waals surface area contributed by atoms with Gasteiger partial charge < -0.3 is 20.6 Å². The fraction of sp³-hybridized carbons (Fsp3) is 0.944. The van der Waals surface area contributed by atoms with Crippen molar-refractivity contribution in [3.8, 4) is 0 Å². The molecule has 5 nitrogen and oxygen atoms in total. The van der Waals surface area contributed by atoms with Gasteiger partial charge in [0.2, 0.25) is 0 Å². The first-order valence-electron chi connectivity index (χ1n) is 9.41. The lowest BCUT2D eigenvalue weighted by Gasteiger charge is -2.43. The summed E-state index contributed by atoms with van der Waals surface area (Å²) < 4.78 is 0. The van der Waals surface area contributed by atoms with Crippen LogP contribution in [0, 0.1) is 11.8 Å². The van der Waals surface area contributed by atoms with E-state index in [1.54, 1.807) is 0 Å².